The van der Waals surface area contributed by atoms with Crippen LogP contribution in [0.2, 0.25) is 0 Å². The summed E-state index contributed by atoms with van der Waals surface area (Å²) in [5, 5.41) is 3.47. The largest absolute Gasteiger partial charge is 0.383 e. The molecule has 0 unspecified atom stereocenters. The Morgan fingerprint density at radius 3 is 2.24 bits per heavy atom. The zero-order valence-electron chi connectivity index (χ0n) is 17.7. The topological polar surface area (TPSA) is 78.3 Å². The van der Waals surface area contributed by atoms with Gasteiger partial charge in [0, 0.05) is 44.3 Å². The van der Waals surface area contributed by atoms with Crippen LogP contribution in [0.15, 0.2) is 27.8 Å². The average Bonchev–Trinajstić information content (AvgIpc) is 3.15. The number of nitrogens with zero attached hydrogens (tertiary/aromatic N) is 5. The summed E-state index contributed by atoms with van der Waals surface area (Å²) in [6.45, 7) is 9.58. The fourth-order valence-corrected chi connectivity index (χ4v) is 4.05. The summed E-state index contributed by atoms with van der Waals surface area (Å²) >= 11 is 0. The molecule has 4 rings (SSSR count). The van der Waals surface area contributed by atoms with E-state index in [1.807, 2.05) is 18.2 Å². The van der Waals surface area contributed by atoms with Crippen LogP contribution in [-0.2, 0) is 20.6 Å². The first kappa shape index (κ1) is 19.0. The number of nitrogens with one attached hydrogen (secondary N) is 1. The average molecular weight is 394 g/mol. The van der Waals surface area contributed by atoms with Crippen molar-refractivity contribution in [3.63, 3.8) is 0 Å². The number of hydrogen-bond acceptors (Lipinski definition) is 4. The molecule has 1 aromatic carbocycles. The van der Waals surface area contributed by atoms with Gasteiger partial charge in [0.2, 0.25) is 5.78 Å². The molecule has 8 nitrogen and oxygen atoms in total. The van der Waals surface area contributed by atoms with E-state index in [1.165, 1.54) is 22.7 Å². The second-order valence-electron chi connectivity index (χ2n) is 7.75. The summed E-state index contributed by atoms with van der Waals surface area (Å²) in [4.78, 5) is 29.7. The number of imidazole rings is 2. The Balaban J connectivity index is 1.78. The van der Waals surface area contributed by atoms with Gasteiger partial charge in [-0.3, -0.25) is 18.3 Å². The quantitative estimate of drug-likeness (QED) is 0.575. The van der Waals surface area contributed by atoms with Crippen LogP contribution in [0.1, 0.15) is 22.5 Å². The molecule has 29 heavy (non-hydrogen) atoms. The lowest BCUT2D eigenvalue weighted by molar-refractivity contribution is 0.705. The fourth-order valence-electron chi connectivity index (χ4n) is 4.05. The highest BCUT2D eigenvalue weighted by Gasteiger charge is 2.21. The van der Waals surface area contributed by atoms with Gasteiger partial charge in [-0.05, 0) is 51.0 Å². The molecule has 152 valence electrons. The third-order valence-corrected chi connectivity index (χ3v) is 5.63. The summed E-state index contributed by atoms with van der Waals surface area (Å²) in [6, 6.07) is 6.40. The Bertz CT molecular complexity index is 1360. The van der Waals surface area contributed by atoms with Crippen molar-refractivity contribution in [1.82, 2.24) is 23.1 Å². The summed E-state index contributed by atoms with van der Waals surface area (Å²) in [7, 11) is 3.14. The van der Waals surface area contributed by atoms with Crippen molar-refractivity contribution in [1.29, 1.82) is 0 Å². The third-order valence-electron chi connectivity index (χ3n) is 5.63. The van der Waals surface area contributed by atoms with Gasteiger partial charge in [0.1, 0.15) is 0 Å². The van der Waals surface area contributed by atoms with Crippen LogP contribution < -0.4 is 16.6 Å². The van der Waals surface area contributed by atoms with E-state index in [0.717, 1.165) is 21.6 Å². The smallest absolute Gasteiger partial charge is 0.332 e. The highest BCUT2D eigenvalue weighted by molar-refractivity contribution is 5.76. The normalized spacial score (nSPS) is 11.7. The van der Waals surface area contributed by atoms with Gasteiger partial charge in [0.15, 0.2) is 11.2 Å². The van der Waals surface area contributed by atoms with Crippen LogP contribution in [-0.4, -0.2) is 29.6 Å². The lowest BCUT2D eigenvalue weighted by Crippen LogP contribution is -2.37. The molecule has 1 N–H and O–H groups in total. The molecule has 0 aliphatic rings. The van der Waals surface area contributed by atoms with Crippen LogP contribution in [0.3, 0.4) is 0 Å². The number of anilines is 1. The molecule has 8 heteroatoms. The molecular weight excluding hydrogens is 368 g/mol. The molecule has 0 saturated carbocycles. The standard InChI is InChI=1S/C21H26N6O2/c1-12-9-13(2)11-16(10-12)22-7-8-26-14(3)15(4)27-17-18(23-20(26)27)24(5)21(29)25(6)19(17)28/h9-11,22H,7-8H2,1-6H3. The highest BCUT2D eigenvalue weighted by atomic mass is 16.2. The summed E-state index contributed by atoms with van der Waals surface area (Å²) in [5.74, 6) is 0.676. The van der Waals surface area contributed by atoms with Crippen molar-refractivity contribution in [3.8, 4) is 0 Å². The van der Waals surface area contributed by atoms with E-state index in [9.17, 15) is 9.59 Å². The Morgan fingerprint density at radius 1 is 0.931 bits per heavy atom. The monoisotopic (exact) mass is 394 g/mol. The van der Waals surface area contributed by atoms with Gasteiger partial charge >= 0.3 is 5.69 Å². The van der Waals surface area contributed by atoms with Crippen LogP contribution in [0, 0.1) is 27.7 Å². The van der Waals surface area contributed by atoms with Gasteiger partial charge in [-0.15, -0.1) is 0 Å². The first-order chi connectivity index (χ1) is 13.7. The van der Waals surface area contributed by atoms with E-state index < -0.39 is 0 Å². The number of hydrogen-bond donors (Lipinski definition) is 1. The second kappa shape index (κ2) is 6.65. The zero-order chi connectivity index (χ0) is 21.0. The summed E-state index contributed by atoms with van der Waals surface area (Å²) in [6.07, 6.45) is 0. The molecule has 0 aliphatic heterocycles. The van der Waals surface area contributed by atoms with E-state index >= 15 is 0 Å². The van der Waals surface area contributed by atoms with Gasteiger partial charge in [0.05, 0.1) is 0 Å². The summed E-state index contributed by atoms with van der Waals surface area (Å²) in [5.41, 5.74) is 5.67. The van der Waals surface area contributed by atoms with Crippen molar-refractivity contribution in [2.75, 3.05) is 11.9 Å². The maximum absolute atomic E-state index is 12.8. The maximum Gasteiger partial charge on any atom is 0.332 e. The van der Waals surface area contributed by atoms with Gasteiger partial charge in [-0.2, -0.15) is 4.98 Å². The molecule has 4 aromatic rings. The van der Waals surface area contributed by atoms with Crippen LogP contribution in [0.25, 0.3) is 16.9 Å². The van der Waals surface area contributed by atoms with E-state index in [1.54, 1.807) is 7.05 Å². The first-order valence-electron chi connectivity index (χ1n) is 9.66. The predicted octanol–water partition coefficient (Wildman–Crippen LogP) is 2.03. The number of aromatic nitrogens is 5. The van der Waals surface area contributed by atoms with E-state index in [0.29, 0.717) is 30.0 Å². The van der Waals surface area contributed by atoms with Gasteiger partial charge in [-0.1, -0.05) is 6.07 Å². The molecule has 0 bridgehead atoms. The number of aryl methyl sites for hydroxylation is 4. The zero-order valence-corrected chi connectivity index (χ0v) is 17.7. The SMILES string of the molecule is Cc1cc(C)cc(NCCn2c(C)c(C)n3c4c(=O)n(C)c(=O)n(C)c4nc23)c1. The molecule has 3 aromatic heterocycles. The minimum Gasteiger partial charge on any atom is -0.383 e. The molecule has 0 fully saturated rings. The number of benzene rings is 1. The Kier molecular flexibility index (Phi) is 4.37. The maximum atomic E-state index is 12.8. The molecule has 0 spiro atoms. The Labute approximate surface area is 168 Å². The van der Waals surface area contributed by atoms with Gasteiger partial charge in [-0.25, -0.2) is 4.79 Å². The number of rotatable bonds is 4. The Morgan fingerprint density at radius 2 is 1.59 bits per heavy atom. The molecule has 3 heterocycles. The van der Waals surface area contributed by atoms with Crippen molar-refractivity contribution in [2.45, 2.75) is 34.2 Å². The van der Waals surface area contributed by atoms with Gasteiger partial charge in [0.25, 0.3) is 5.56 Å². The van der Waals surface area contributed by atoms with Crippen molar-refractivity contribution < 1.29 is 0 Å². The molecular formula is C21H26N6O2. The van der Waals surface area contributed by atoms with E-state index in [-0.39, 0.29) is 11.2 Å². The highest BCUT2D eigenvalue weighted by Crippen LogP contribution is 2.21. The molecule has 0 atom stereocenters. The molecule has 0 amide bonds. The van der Waals surface area contributed by atoms with Crippen LogP contribution >= 0.6 is 0 Å². The lowest BCUT2D eigenvalue weighted by Gasteiger charge is -2.10. The molecule has 0 radical (unpaired) electrons. The summed E-state index contributed by atoms with van der Waals surface area (Å²) < 4.78 is 6.51. The van der Waals surface area contributed by atoms with E-state index in [4.69, 9.17) is 0 Å². The Hall–Kier alpha value is -3.29. The minimum absolute atomic E-state index is 0.329. The minimum atomic E-state index is -0.374. The number of fused-ring (bicyclic) bond motifs is 3. The third kappa shape index (κ3) is 2.86. The molecule has 0 saturated heterocycles. The van der Waals surface area contributed by atoms with Gasteiger partial charge < -0.3 is 9.88 Å². The second-order valence-corrected chi connectivity index (χ2v) is 7.75. The first-order valence-corrected chi connectivity index (χ1v) is 9.66. The van der Waals surface area contributed by atoms with Crippen LogP contribution in [0.5, 0.6) is 0 Å². The van der Waals surface area contributed by atoms with Crippen molar-refractivity contribution >= 4 is 22.6 Å². The predicted molar refractivity (Wildman–Crippen MR) is 115 cm³/mol. The van der Waals surface area contributed by atoms with E-state index in [2.05, 4.69) is 46.9 Å². The molecule has 0 aliphatic carbocycles. The van der Waals surface area contributed by atoms with Crippen molar-refractivity contribution in [2.24, 2.45) is 14.1 Å². The lowest BCUT2D eigenvalue weighted by atomic mass is 10.1. The van der Waals surface area contributed by atoms with Crippen LogP contribution in [0.4, 0.5) is 5.69 Å². The van der Waals surface area contributed by atoms with Crippen molar-refractivity contribution in [3.05, 3.63) is 61.6 Å². The fraction of sp³-hybridized carbons (Fsp3) is 0.381.